The number of methoxy groups -OCH3 is 2. The molecule has 0 fully saturated rings. The van der Waals surface area contributed by atoms with Crippen molar-refractivity contribution in [3.63, 3.8) is 0 Å². The van der Waals surface area contributed by atoms with Crippen LogP contribution in [0.3, 0.4) is 0 Å². The summed E-state index contributed by atoms with van der Waals surface area (Å²) in [5.41, 5.74) is 5.83. The van der Waals surface area contributed by atoms with Crippen LogP contribution in [0.5, 0.6) is 5.75 Å². The topological polar surface area (TPSA) is 117 Å². The Balaban J connectivity index is 2.78. The Labute approximate surface area is 122 Å². The maximum Gasteiger partial charge on any atom is 0.271 e. The molecule has 0 aliphatic heterocycles. The quantitative estimate of drug-likeness (QED) is 0.424. The van der Waals surface area contributed by atoms with Crippen LogP contribution in [0.1, 0.15) is 12.8 Å². The van der Waals surface area contributed by atoms with Gasteiger partial charge in [-0.2, -0.15) is 0 Å². The Hall–Kier alpha value is -2.19. The molecule has 21 heavy (non-hydrogen) atoms. The Morgan fingerprint density at radius 2 is 2.19 bits per heavy atom. The largest absolute Gasteiger partial charge is 0.495 e. The van der Waals surface area contributed by atoms with Crippen molar-refractivity contribution < 1.29 is 19.2 Å². The normalized spacial score (nSPS) is 11.8. The molecule has 116 valence electrons. The summed E-state index contributed by atoms with van der Waals surface area (Å²) >= 11 is 0. The van der Waals surface area contributed by atoms with Crippen molar-refractivity contribution >= 4 is 17.3 Å². The molecule has 8 heteroatoms. The van der Waals surface area contributed by atoms with E-state index in [2.05, 4.69) is 5.32 Å². The van der Waals surface area contributed by atoms with Crippen LogP contribution in [0.15, 0.2) is 18.2 Å². The standard InChI is InChI=1S/C13H19N3O5/c1-20-7-3-4-10(14)13(17)15-11-8-9(16(18)19)5-6-12(11)21-2/h5-6,8,10H,3-4,7,14H2,1-2H3,(H,15,17). The molecule has 0 saturated carbocycles. The number of benzene rings is 1. The lowest BCUT2D eigenvalue weighted by Crippen LogP contribution is -2.35. The van der Waals surface area contributed by atoms with Gasteiger partial charge in [0.25, 0.3) is 5.69 Å². The van der Waals surface area contributed by atoms with Crippen molar-refractivity contribution in [3.8, 4) is 5.75 Å². The zero-order valence-electron chi connectivity index (χ0n) is 12.0. The van der Waals surface area contributed by atoms with Crippen molar-refractivity contribution in [2.24, 2.45) is 5.73 Å². The molecule has 1 unspecified atom stereocenters. The first-order valence-electron chi connectivity index (χ1n) is 6.37. The molecule has 1 amide bonds. The summed E-state index contributed by atoms with van der Waals surface area (Å²) in [5.74, 6) is -0.0945. The Morgan fingerprint density at radius 1 is 1.48 bits per heavy atom. The zero-order valence-corrected chi connectivity index (χ0v) is 12.0. The summed E-state index contributed by atoms with van der Waals surface area (Å²) in [7, 11) is 2.98. The van der Waals surface area contributed by atoms with E-state index in [9.17, 15) is 14.9 Å². The molecule has 0 aliphatic rings. The molecule has 0 aromatic heterocycles. The van der Waals surface area contributed by atoms with Crippen LogP contribution < -0.4 is 15.8 Å². The molecular formula is C13H19N3O5. The summed E-state index contributed by atoms with van der Waals surface area (Å²) in [6, 6.07) is 3.24. The number of rotatable bonds is 8. The van der Waals surface area contributed by atoms with Crippen molar-refractivity contribution in [3.05, 3.63) is 28.3 Å². The molecular weight excluding hydrogens is 278 g/mol. The number of nitrogens with two attached hydrogens (primary N) is 1. The van der Waals surface area contributed by atoms with Gasteiger partial charge in [-0.25, -0.2) is 0 Å². The SMILES string of the molecule is COCCCC(N)C(=O)Nc1cc([N+](=O)[O-])ccc1OC. The highest BCUT2D eigenvalue weighted by Gasteiger charge is 2.17. The molecule has 1 aromatic rings. The third-order valence-corrected chi connectivity index (χ3v) is 2.85. The van der Waals surface area contributed by atoms with E-state index in [1.165, 1.54) is 25.3 Å². The van der Waals surface area contributed by atoms with E-state index in [0.717, 1.165) is 0 Å². The third kappa shape index (κ3) is 5.01. The van der Waals surface area contributed by atoms with E-state index in [1.54, 1.807) is 7.11 Å². The third-order valence-electron chi connectivity index (χ3n) is 2.85. The number of non-ortho nitro benzene ring substituents is 1. The van der Waals surface area contributed by atoms with Crippen LogP contribution in [-0.4, -0.2) is 37.7 Å². The summed E-state index contributed by atoms with van der Waals surface area (Å²) in [4.78, 5) is 22.2. The van der Waals surface area contributed by atoms with Gasteiger partial charge in [-0.05, 0) is 18.9 Å². The summed E-state index contributed by atoms with van der Waals surface area (Å²) in [6.07, 6.45) is 1.11. The number of nitro groups is 1. The molecule has 3 N–H and O–H groups in total. The minimum Gasteiger partial charge on any atom is -0.495 e. The van der Waals surface area contributed by atoms with Gasteiger partial charge in [-0.15, -0.1) is 0 Å². The number of carbonyl (C=O) groups excluding carboxylic acids is 1. The molecule has 1 atom stereocenters. The number of nitrogens with one attached hydrogen (secondary N) is 1. The van der Waals surface area contributed by atoms with Gasteiger partial charge in [-0.1, -0.05) is 0 Å². The van der Waals surface area contributed by atoms with E-state index < -0.39 is 16.9 Å². The molecule has 0 saturated heterocycles. The number of anilines is 1. The number of hydrogen-bond donors (Lipinski definition) is 2. The molecule has 0 bridgehead atoms. The van der Waals surface area contributed by atoms with Gasteiger partial charge < -0.3 is 20.5 Å². The first-order valence-corrected chi connectivity index (χ1v) is 6.37. The van der Waals surface area contributed by atoms with Gasteiger partial charge >= 0.3 is 0 Å². The van der Waals surface area contributed by atoms with E-state index >= 15 is 0 Å². The molecule has 0 heterocycles. The van der Waals surface area contributed by atoms with Crippen LogP contribution in [0, 0.1) is 10.1 Å². The fourth-order valence-electron chi connectivity index (χ4n) is 1.71. The molecule has 8 nitrogen and oxygen atoms in total. The number of amides is 1. The Morgan fingerprint density at radius 3 is 2.76 bits per heavy atom. The van der Waals surface area contributed by atoms with Crippen LogP contribution in [0.25, 0.3) is 0 Å². The summed E-state index contributed by atoms with van der Waals surface area (Å²) in [5, 5.41) is 13.3. The maximum absolute atomic E-state index is 12.0. The Bertz CT molecular complexity index is 507. The van der Waals surface area contributed by atoms with Crippen molar-refractivity contribution in [1.29, 1.82) is 0 Å². The van der Waals surface area contributed by atoms with E-state index in [0.29, 0.717) is 25.2 Å². The second-order valence-electron chi connectivity index (χ2n) is 4.37. The fourth-order valence-corrected chi connectivity index (χ4v) is 1.71. The summed E-state index contributed by atoms with van der Waals surface area (Å²) in [6.45, 7) is 0.515. The molecule has 1 aromatic carbocycles. The maximum atomic E-state index is 12.0. The van der Waals surface area contributed by atoms with Gasteiger partial charge in [0.2, 0.25) is 5.91 Å². The van der Waals surface area contributed by atoms with Crippen LogP contribution in [0.4, 0.5) is 11.4 Å². The second kappa shape index (κ2) is 8.18. The average molecular weight is 297 g/mol. The molecule has 1 rings (SSSR count). The molecule has 0 aliphatic carbocycles. The minimum atomic E-state index is -0.718. The van der Waals surface area contributed by atoms with Crippen LogP contribution in [-0.2, 0) is 9.53 Å². The van der Waals surface area contributed by atoms with Gasteiger partial charge in [0.05, 0.1) is 23.8 Å². The van der Waals surface area contributed by atoms with Gasteiger partial charge in [-0.3, -0.25) is 14.9 Å². The molecule has 0 radical (unpaired) electrons. The van der Waals surface area contributed by atoms with Crippen molar-refractivity contribution in [1.82, 2.24) is 0 Å². The smallest absolute Gasteiger partial charge is 0.271 e. The Kier molecular flexibility index (Phi) is 6.57. The van der Waals surface area contributed by atoms with E-state index in [-0.39, 0.29) is 11.4 Å². The number of nitro benzene ring substituents is 1. The number of ether oxygens (including phenoxy) is 2. The van der Waals surface area contributed by atoms with Gasteiger partial charge in [0.1, 0.15) is 5.75 Å². The van der Waals surface area contributed by atoms with Crippen molar-refractivity contribution in [2.75, 3.05) is 26.1 Å². The van der Waals surface area contributed by atoms with Crippen LogP contribution in [0.2, 0.25) is 0 Å². The summed E-state index contributed by atoms with van der Waals surface area (Å²) < 4.78 is 9.95. The highest BCUT2D eigenvalue weighted by Crippen LogP contribution is 2.28. The second-order valence-corrected chi connectivity index (χ2v) is 4.37. The highest BCUT2D eigenvalue weighted by molar-refractivity contribution is 5.96. The fraction of sp³-hybridized carbons (Fsp3) is 0.462. The number of nitrogens with zero attached hydrogens (tertiary/aromatic N) is 1. The van der Waals surface area contributed by atoms with Gasteiger partial charge in [0, 0.05) is 25.8 Å². The van der Waals surface area contributed by atoms with Crippen molar-refractivity contribution in [2.45, 2.75) is 18.9 Å². The van der Waals surface area contributed by atoms with Crippen LogP contribution >= 0.6 is 0 Å². The number of carbonyl (C=O) groups is 1. The lowest BCUT2D eigenvalue weighted by atomic mass is 10.1. The average Bonchev–Trinajstić information content (AvgIpc) is 2.47. The lowest BCUT2D eigenvalue weighted by molar-refractivity contribution is -0.384. The number of hydrogen-bond acceptors (Lipinski definition) is 6. The first kappa shape index (κ1) is 16.9. The van der Waals surface area contributed by atoms with E-state index in [4.69, 9.17) is 15.2 Å². The van der Waals surface area contributed by atoms with Gasteiger partial charge in [0.15, 0.2) is 0 Å². The predicted octanol–water partition coefficient (Wildman–Crippen LogP) is 1.30. The predicted molar refractivity (Wildman–Crippen MR) is 77.4 cm³/mol. The van der Waals surface area contributed by atoms with E-state index in [1.807, 2.05) is 0 Å². The minimum absolute atomic E-state index is 0.140. The lowest BCUT2D eigenvalue weighted by Gasteiger charge is -2.14. The first-order chi connectivity index (χ1) is 9.99. The highest BCUT2D eigenvalue weighted by atomic mass is 16.6. The monoisotopic (exact) mass is 297 g/mol. The molecule has 0 spiro atoms. The zero-order chi connectivity index (χ0) is 15.8.